The van der Waals surface area contributed by atoms with Gasteiger partial charge in [-0.25, -0.2) is 4.98 Å². The van der Waals surface area contributed by atoms with Crippen molar-refractivity contribution in [3.8, 4) is 0 Å². The van der Waals surface area contributed by atoms with Crippen molar-refractivity contribution in [2.75, 3.05) is 6.54 Å². The van der Waals surface area contributed by atoms with Gasteiger partial charge in [0.25, 0.3) is 5.91 Å². The van der Waals surface area contributed by atoms with E-state index in [1.807, 2.05) is 0 Å². The maximum absolute atomic E-state index is 11.6. The first kappa shape index (κ1) is 13.1. The van der Waals surface area contributed by atoms with E-state index in [4.69, 9.17) is 0 Å². The molecule has 7 heteroatoms. The molecule has 0 aliphatic heterocycles. The first-order valence-electron chi connectivity index (χ1n) is 5.42. The minimum absolute atomic E-state index is 0.0782. The summed E-state index contributed by atoms with van der Waals surface area (Å²) in [6, 6.07) is 0. The third kappa shape index (κ3) is 2.80. The third-order valence-electron chi connectivity index (χ3n) is 3.02. The van der Waals surface area contributed by atoms with Crippen molar-refractivity contribution in [2.24, 2.45) is 5.41 Å². The van der Waals surface area contributed by atoms with Crippen molar-refractivity contribution in [1.29, 1.82) is 0 Å². The highest BCUT2D eigenvalue weighted by molar-refractivity contribution is 5.90. The number of H-pyrrole nitrogens is 1. The molecule has 0 spiro atoms. The summed E-state index contributed by atoms with van der Waals surface area (Å²) in [6.45, 7) is 3.66. The number of carbonyl (C=O) groups excluding carboxylic acids is 1. The molecule has 1 aromatic heterocycles. The van der Waals surface area contributed by atoms with E-state index in [9.17, 15) is 14.7 Å². The zero-order valence-corrected chi connectivity index (χ0v) is 9.86. The Bertz CT molecular complexity index is 384. The molecule has 0 atom stereocenters. The predicted molar refractivity (Wildman–Crippen MR) is 59.4 cm³/mol. The van der Waals surface area contributed by atoms with Gasteiger partial charge >= 0.3 is 5.97 Å². The monoisotopic (exact) mass is 240 g/mol. The van der Waals surface area contributed by atoms with E-state index in [0.29, 0.717) is 12.8 Å². The van der Waals surface area contributed by atoms with Gasteiger partial charge < -0.3 is 10.4 Å². The highest BCUT2D eigenvalue weighted by Gasteiger charge is 2.35. The Balaban J connectivity index is 2.65. The molecule has 1 heterocycles. The zero-order chi connectivity index (χ0) is 12.9. The van der Waals surface area contributed by atoms with Crippen LogP contribution in [-0.4, -0.2) is 38.7 Å². The van der Waals surface area contributed by atoms with Crippen LogP contribution in [0.1, 0.15) is 37.3 Å². The average Bonchev–Trinajstić information content (AvgIpc) is 2.84. The van der Waals surface area contributed by atoms with Crippen LogP contribution in [0.25, 0.3) is 0 Å². The molecule has 7 nitrogen and oxygen atoms in total. The molecule has 0 saturated carbocycles. The van der Waals surface area contributed by atoms with Gasteiger partial charge in [0, 0.05) is 6.54 Å². The van der Waals surface area contributed by atoms with Gasteiger partial charge in [0.1, 0.15) is 6.33 Å². The Kier molecular flexibility index (Phi) is 4.19. The van der Waals surface area contributed by atoms with Gasteiger partial charge in [0.15, 0.2) is 0 Å². The van der Waals surface area contributed by atoms with E-state index < -0.39 is 17.3 Å². The Morgan fingerprint density at radius 1 is 1.47 bits per heavy atom. The van der Waals surface area contributed by atoms with Crippen LogP contribution in [-0.2, 0) is 4.79 Å². The van der Waals surface area contributed by atoms with E-state index in [1.54, 1.807) is 13.8 Å². The molecule has 94 valence electrons. The molecule has 0 radical (unpaired) electrons. The van der Waals surface area contributed by atoms with Crippen molar-refractivity contribution in [3.63, 3.8) is 0 Å². The summed E-state index contributed by atoms with van der Waals surface area (Å²) in [5.74, 6) is -1.27. The second kappa shape index (κ2) is 5.42. The largest absolute Gasteiger partial charge is 0.481 e. The van der Waals surface area contributed by atoms with Crippen LogP contribution in [0.2, 0.25) is 0 Å². The van der Waals surface area contributed by atoms with E-state index >= 15 is 0 Å². The Hall–Kier alpha value is -1.92. The second-order valence-corrected chi connectivity index (χ2v) is 3.81. The minimum atomic E-state index is -0.921. The van der Waals surface area contributed by atoms with Gasteiger partial charge in [-0.1, -0.05) is 13.8 Å². The average molecular weight is 240 g/mol. The number of hydrogen-bond donors (Lipinski definition) is 3. The molecule has 0 aliphatic rings. The summed E-state index contributed by atoms with van der Waals surface area (Å²) < 4.78 is 0. The molecule has 0 bridgehead atoms. The van der Waals surface area contributed by atoms with Crippen molar-refractivity contribution in [3.05, 3.63) is 12.2 Å². The lowest BCUT2D eigenvalue weighted by atomic mass is 9.82. The van der Waals surface area contributed by atoms with Gasteiger partial charge in [-0.3, -0.25) is 14.7 Å². The van der Waals surface area contributed by atoms with Crippen LogP contribution in [0.3, 0.4) is 0 Å². The number of aromatic amines is 1. The highest BCUT2D eigenvalue weighted by Crippen LogP contribution is 2.25. The molecule has 0 unspecified atom stereocenters. The fraction of sp³-hybridized carbons (Fsp3) is 0.600. The first-order chi connectivity index (χ1) is 8.05. The first-order valence-corrected chi connectivity index (χ1v) is 5.42. The summed E-state index contributed by atoms with van der Waals surface area (Å²) in [5, 5.41) is 17.7. The van der Waals surface area contributed by atoms with Crippen molar-refractivity contribution in [1.82, 2.24) is 20.5 Å². The van der Waals surface area contributed by atoms with E-state index in [1.165, 1.54) is 6.33 Å². The molecule has 0 fully saturated rings. The number of nitrogens with zero attached hydrogens (tertiary/aromatic N) is 2. The number of carboxylic acids is 1. The fourth-order valence-corrected chi connectivity index (χ4v) is 1.53. The van der Waals surface area contributed by atoms with Crippen LogP contribution in [0.15, 0.2) is 6.33 Å². The standard InChI is InChI=1S/C10H16N4O3/c1-3-10(4-2,9(16)17)5-11-8(15)7-12-6-13-14-7/h6H,3-5H2,1-2H3,(H,11,15)(H,16,17)(H,12,13,14). The lowest BCUT2D eigenvalue weighted by Gasteiger charge is -2.26. The van der Waals surface area contributed by atoms with Gasteiger partial charge in [0.05, 0.1) is 5.41 Å². The number of aromatic nitrogens is 3. The van der Waals surface area contributed by atoms with Crippen LogP contribution in [0, 0.1) is 5.41 Å². The van der Waals surface area contributed by atoms with Gasteiger partial charge in [-0.05, 0) is 12.8 Å². The van der Waals surface area contributed by atoms with Gasteiger partial charge in [-0.2, -0.15) is 5.10 Å². The highest BCUT2D eigenvalue weighted by atomic mass is 16.4. The number of amides is 1. The normalized spacial score (nSPS) is 11.2. The number of carboxylic acid groups (broad SMARTS) is 1. The Morgan fingerprint density at radius 3 is 2.53 bits per heavy atom. The molecular weight excluding hydrogens is 224 g/mol. The number of hydrogen-bond acceptors (Lipinski definition) is 4. The van der Waals surface area contributed by atoms with Crippen LogP contribution in [0.5, 0.6) is 0 Å². The van der Waals surface area contributed by atoms with Crippen molar-refractivity contribution < 1.29 is 14.7 Å². The van der Waals surface area contributed by atoms with Gasteiger partial charge in [0.2, 0.25) is 5.82 Å². The number of nitrogens with one attached hydrogen (secondary N) is 2. The summed E-state index contributed by atoms with van der Waals surface area (Å²) in [5.41, 5.74) is -0.921. The van der Waals surface area contributed by atoms with E-state index in [-0.39, 0.29) is 12.4 Å². The molecule has 0 aromatic carbocycles. The van der Waals surface area contributed by atoms with E-state index in [2.05, 4.69) is 20.5 Å². The third-order valence-corrected chi connectivity index (χ3v) is 3.02. The quantitative estimate of drug-likeness (QED) is 0.668. The summed E-state index contributed by atoms with van der Waals surface area (Å²) >= 11 is 0. The number of aliphatic carboxylic acids is 1. The summed E-state index contributed by atoms with van der Waals surface area (Å²) in [4.78, 5) is 26.5. The summed E-state index contributed by atoms with van der Waals surface area (Å²) in [7, 11) is 0. The van der Waals surface area contributed by atoms with Crippen molar-refractivity contribution in [2.45, 2.75) is 26.7 Å². The van der Waals surface area contributed by atoms with Crippen molar-refractivity contribution >= 4 is 11.9 Å². The van der Waals surface area contributed by atoms with Crippen LogP contribution in [0.4, 0.5) is 0 Å². The lowest BCUT2D eigenvalue weighted by molar-refractivity contribution is -0.149. The molecular formula is C10H16N4O3. The SMILES string of the molecule is CCC(CC)(CNC(=O)c1ncn[nH]1)C(=O)O. The molecule has 1 rings (SSSR count). The lowest BCUT2D eigenvalue weighted by Crippen LogP contribution is -2.42. The minimum Gasteiger partial charge on any atom is -0.481 e. The Labute approximate surface area is 98.6 Å². The predicted octanol–water partition coefficient (Wildman–Crippen LogP) is 0.425. The van der Waals surface area contributed by atoms with Crippen LogP contribution < -0.4 is 5.32 Å². The molecule has 0 aliphatic carbocycles. The number of carbonyl (C=O) groups is 2. The fourth-order valence-electron chi connectivity index (χ4n) is 1.53. The zero-order valence-electron chi connectivity index (χ0n) is 9.86. The topological polar surface area (TPSA) is 108 Å². The van der Waals surface area contributed by atoms with Gasteiger partial charge in [-0.15, -0.1) is 0 Å². The molecule has 17 heavy (non-hydrogen) atoms. The maximum Gasteiger partial charge on any atom is 0.311 e. The summed E-state index contributed by atoms with van der Waals surface area (Å²) in [6.07, 6.45) is 2.13. The Morgan fingerprint density at radius 2 is 2.12 bits per heavy atom. The van der Waals surface area contributed by atoms with Crippen LogP contribution >= 0.6 is 0 Å². The second-order valence-electron chi connectivity index (χ2n) is 3.81. The molecule has 1 aromatic rings. The van der Waals surface area contributed by atoms with E-state index in [0.717, 1.165) is 0 Å². The maximum atomic E-state index is 11.6. The molecule has 0 saturated heterocycles. The number of rotatable bonds is 6. The molecule has 1 amide bonds. The molecule has 3 N–H and O–H groups in total. The smallest absolute Gasteiger partial charge is 0.311 e.